The molecular formula is C12H15NO3S. The highest BCUT2D eigenvalue weighted by Gasteiger charge is 2.18. The minimum Gasteiger partial charge on any atom is -0.480 e. The van der Waals surface area contributed by atoms with E-state index < -0.39 is 12.0 Å². The molecule has 4 nitrogen and oxygen atoms in total. The van der Waals surface area contributed by atoms with Gasteiger partial charge in [0.05, 0.1) is 6.42 Å². The standard InChI is InChI=1S/C12H15NO3S/c1-17-8-10(12(15)16)13-11(14)7-9-5-3-2-4-6-9/h2-6,10H,7-8H2,1H3,(H,13,14)(H,15,16). The largest absolute Gasteiger partial charge is 0.480 e. The maximum absolute atomic E-state index is 11.6. The molecule has 0 radical (unpaired) electrons. The number of amides is 1. The highest BCUT2D eigenvalue weighted by molar-refractivity contribution is 7.98. The van der Waals surface area contributed by atoms with E-state index in [2.05, 4.69) is 5.32 Å². The van der Waals surface area contributed by atoms with Gasteiger partial charge in [-0.1, -0.05) is 30.3 Å². The lowest BCUT2D eigenvalue weighted by Crippen LogP contribution is -2.43. The van der Waals surface area contributed by atoms with Crippen molar-refractivity contribution in [2.45, 2.75) is 12.5 Å². The normalized spacial score (nSPS) is 11.8. The first kappa shape index (κ1) is 13.6. The molecule has 1 unspecified atom stereocenters. The minimum absolute atomic E-state index is 0.207. The number of hydrogen-bond donors (Lipinski definition) is 2. The number of benzene rings is 1. The number of carboxylic acids is 1. The van der Waals surface area contributed by atoms with E-state index in [1.165, 1.54) is 11.8 Å². The van der Waals surface area contributed by atoms with E-state index in [0.29, 0.717) is 5.75 Å². The average Bonchev–Trinajstić information content (AvgIpc) is 2.29. The van der Waals surface area contributed by atoms with Gasteiger partial charge in [-0.3, -0.25) is 4.79 Å². The summed E-state index contributed by atoms with van der Waals surface area (Å²) in [5.41, 5.74) is 0.873. The first-order chi connectivity index (χ1) is 8.13. The molecule has 0 fully saturated rings. The lowest BCUT2D eigenvalue weighted by atomic mass is 10.1. The molecule has 0 spiro atoms. The summed E-state index contributed by atoms with van der Waals surface area (Å²) in [6.07, 6.45) is 2.01. The average molecular weight is 253 g/mol. The molecule has 0 aromatic heterocycles. The molecule has 1 aromatic carbocycles. The molecular weight excluding hydrogens is 238 g/mol. The van der Waals surface area contributed by atoms with E-state index >= 15 is 0 Å². The number of nitrogens with one attached hydrogen (secondary N) is 1. The number of carboxylic acid groups (broad SMARTS) is 1. The second-order valence-electron chi connectivity index (χ2n) is 3.58. The second-order valence-corrected chi connectivity index (χ2v) is 4.49. The second kappa shape index (κ2) is 6.96. The number of thioether (sulfide) groups is 1. The molecule has 2 N–H and O–H groups in total. The molecule has 0 saturated heterocycles. The van der Waals surface area contributed by atoms with Crippen molar-refractivity contribution in [3.05, 3.63) is 35.9 Å². The van der Waals surface area contributed by atoms with E-state index in [4.69, 9.17) is 5.11 Å². The predicted octanol–water partition coefficient (Wildman–Crippen LogP) is 1.16. The molecule has 0 saturated carbocycles. The fraction of sp³-hybridized carbons (Fsp3) is 0.333. The Morgan fingerprint density at radius 1 is 1.35 bits per heavy atom. The van der Waals surface area contributed by atoms with Gasteiger partial charge >= 0.3 is 5.97 Å². The summed E-state index contributed by atoms with van der Waals surface area (Å²) >= 11 is 1.39. The molecule has 0 aliphatic rings. The molecule has 92 valence electrons. The van der Waals surface area contributed by atoms with Crippen molar-refractivity contribution in [3.63, 3.8) is 0 Å². The molecule has 0 aliphatic heterocycles. The molecule has 0 bridgehead atoms. The lowest BCUT2D eigenvalue weighted by Gasteiger charge is -2.13. The molecule has 1 aromatic rings. The van der Waals surface area contributed by atoms with Gasteiger partial charge in [0.1, 0.15) is 6.04 Å². The summed E-state index contributed by atoms with van der Waals surface area (Å²) in [5.74, 6) is -0.894. The highest BCUT2D eigenvalue weighted by Crippen LogP contribution is 2.01. The van der Waals surface area contributed by atoms with Crippen LogP contribution in [0.5, 0.6) is 0 Å². The van der Waals surface area contributed by atoms with Crippen LogP contribution in [0.2, 0.25) is 0 Å². The van der Waals surface area contributed by atoms with Crippen molar-refractivity contribution >= 4 is 23.6 Å². The number of carbonyl (C=O) groups is 2. The fourth-order valence-corrected chi connectivity index (χ4v) is 1.93. The number of carbonyl (C=O) groups excluding carboxylic acids is 1. The third-order valence-corrected chi connectivity index (χ3v) is 2.84. The maximum Gasteiger partial charge on any atom is 0.327 e. The van der Waals surface area contributed by atoms with Crippen LogP contribution in [-0.4, -0.2) is 35.0 Å². The summed E-state index contributed by atoms with van der Waals surface area (Å²) in [6.45, 7) is 0. The van der Waals surface area contributed by atoms with Crippen molar-refractivity contribution in [3.8, 4) is 0 Å². The molecule has 1 amide bonds. The zero-order chi connectivity index (χ0) is 12.7. The Hall–Kier alpha value is -1.49. The van der Waals surface area contributed by atoms with Gasteiger partial charge in [0.25, 0.3) is 0 Å². The summed E-state index contributed by atoms with van der Waals surface area (Å²) in [6, 6.07) is 8.42. The van der Waals surface area contributed by atoms with Gasteiger partial charge in [0.2, 0.25) is 5.91 Å². The molecule has 0 aliphatic carbocycles. The van der Waals surface area contributed by atoms with Gasteiger partial charge in [-0.25, -0.2) is 4.79 Å². The molecule has 1 rings (SSSR count). The quantitative estimate of drug-likeness (QED) is 0.798. The van der Waals surface area contributed by atoms with Crippen molar-refractivity contribution in [2.75, 3.05) is 12.0 Å². The highest BCUT2D eigenvalue weighted by atomic mass is 32.2. The summed E-state index contributed by atoms with van der Waals surface area (Å²) < 4.78 is 0. The Balaban J connectivity index is 2.51. The van der Waals surface area contributed by atoms with Crippen LogP contribution in [0, 0.1) is 0 Å². The van der Waals surface area contributed by atoms with Gasteiger partial charge < -0.3 is 10.4 Å². The molecule has 0 heterocycles. The zero-order valence-electron chi connectivity index (χ0n) is 9.55. The van der Waals surface area contributed by atoms with E-state index in [1.54, 1.807) is 6.26 Å². The maximum atomic E-state index is 11.6. The Morgan fingerprint density at radius 2 is 2.00 bits per heavy atom. The van der Waals surface area contributed by atoms with E-state index in [9.17, 15) is 9.59 Å². The van der Waals surface area contributed by atoms with Crippen molar-refractivity contribution in [2.24, 2.45) is 0 Å². The fourth-order valence-electron chi connectivity index (χ4n) is 1.37. The summed E-state index contributed by atoms with van der Waals surface area (Å²) in [7, 11) is 0. The topological polar surface area (TPSA) is 66.4 Å². The Kier molecular flexibility index (Phi) is 5.56. The van der Waals surface area contributed by atoms with Gasteiger partial charge in [0.15, 0.2) is 0 Å². The SMILES string of the molecule is CSCC(NC(=O)Cc1ccccc1)C(=O)O. The smallest absolute Gasteiger partial charge is 0.327 e. The van der Waals surface area contributed by atoms with E-state index in [0.717, 1.165) is 5.56 Å². The van der Waals surface area contributed by atoms with Gasteiger partial charge in [0, 0.05) is 5.75 Å². The number of rotatable bonds is 6. The van der Waals surface area contributed by atoms with Crippen LogP contribution in [0.1, 0.15) is 5.56 Å². The Labute approximate surface area is 104 Å². The Bertz CT molecular complexity index is 381. The van der Waals surface area contributed by atoms with Crippen molar-refractivity contribution in [1.82, 2.24) is 5.32 Å². The van der Waals surface area contributed by atoms with Crippen LogP contribution in [0.4, 0.5) is 0 Å². The predicted molar refractivity (Wildman–Crippen MR) is 68.1 cm³/mol. The van der Waals surface area contributed by atoms with Crippen molar-refractivity contribution < 1.29 is 14.7 Å². The van der Waals surface area contributed by atoms with E-state index in [-0.39, 0.29) is 12.3 Å². The van der Waals surface area contributed by atoms with Crippen LogP contribution in [0.15, 0.2) is 30.3 Å². The van der Waals surface area contributed by atoms with Crippen LogP contribution in [-0.2, 0) is 16.0 Å². The zero-order valence-corrected chi connectivity index (χ0v) is 10.4. The van der Waals surface area contributed by atoms with Gasteiger partial charge in [-0.2, -0.15) is 11.8 Å². The molecule has 1 atom stereocenters. The van der Waals surface area contributed by atoms with Gasteiger partial charge in [-0.05, 0) is 11.8 Å². The third-order valence-electron chi connectivity index (χ3n) is 2.17. The summed E-state index contributed by atoms with van der Waals surface area (Å²) in [5, 5.41) is 11.4. The first-order valence-electron chi connectivity index (χ1n) is 5.18. The molecule has 17 heavy (non-hydrogen) atoms. The van der Waals surface area contributed by atoms with Crippen molar-refractivity contribution in [1.29, 1.82) is 0 Å². The van der Waals surface area contributed by atoms with Crippen LogP contribution in [0.3, 0.4) is 0 Å². The lowest BCUT2D eigenvalue weighted by molar-refractivity contribution is -0.141. The first-order valence-corrected chi connectivity index (χ1v) is 6.58. The molecule has 5 heteroatoms. The van der Waals surface area contributed by atoms with Crippen LogP contribution >= 0.6 is 11.8 Å². The Morgan fingerprint density at radius 3 is 2.53 bits per heavy atom. The summed E-state index contributed by atoms with van der Waals surface area (Å²) in [4.78, 5) is 22.5. The third kappa shape index (κ3) is 4.91. The number of hydrogen-bond acceptors (Lipinski definition) is 3. The van der Waals surface area contributed by atoms with Crippen LogP contribution < -0.4 is 5.32 Å². The monoisotopic (exact) mass is 253 g/mol. The van der Waals surface area contributed by atoms with Crippen LogP contribution in [0.25, 0.3) is 0 Å². The number of aliphatic carboxylic acids is 1. The van der Waals surface area contributed by atoms with Gasteiger partial charge in [-0.15, -0.1) is 0 Å². The minimum atomic E-state index is -0.999. The van der Waals surface area contributed by atoms with E-state index in [1.807, 2.05) is 30.3 Å².